The zero-order valence-electron chi connectivity index (χ0n) is 8.55. The third kappa shape index (κ3) is 1.79. The lowest BCUT2D eigenvalue weighted by Gasteiger charge is -2.27. The van der Waals surface area contributed by atoms with Crippen molar-refractivity contribution in [3.63, 3.8) is 0 Å². The monoisotopic (exact) mass is 169 g/mol. The van der Waals surface area contributed by atoms with E-state index in [0.717, 1.165) is 18.8 Å². The number of oxime groups is 1. The van der Waals surface area contributed by atoms with E-state index in [4.69, 9.17) is 4.84 Å². The first-order valence-electron chi connectivity index (χ1n) is 4.67. The Bertz CT molecular complexity index is 186. The Morgan fingerprint density at radius 2 is 2.17 bits per heavy atom. The van der Waals surface area contributed by atoms with Crippen LogP contribution in [-0.2, 0) is 4.84 Å². The lowest BCUT2D eigenvalue weighted by Crippen LogP contribution is -2.19. The van der Waals surface area contributed by atoms with E-state index in [-0.39, 0.29) is 0 Å². The van der Waals surface area contributed by atoms with Crippen molar-refractivity contribution in [2.45, 2.75) is 40.0 Å². The predicted octanol–water partition coefficient (Wildman–Crippen LogP) is 2.84. The molecule has 0 aromatic rings. The summed E-state index contributed by atoms with van der Waals surface area (Å²) in [4.78, 5) is 4.79. The van der Waals surface area contributed by atoms with Crippen LogP contribution < -0.4 is 0 Å². The van der Waals surface area contributed by atoms with E-state index in [1.165, 1.54) is 12.1 Å². The average molecular weight is 169 g/mol. The molecule has 2 heteroatoms. The molecule has 0 saturated heterocycles. The van der Waals surface area contributed by atoms with Gasteiger partial charge in [-0.2, -0.15) is 0 Å². The Labute approximate surface area is 75.0 Å². The normalized spacial score (nSPS) is 33.2. The second kappa shape index (κ2) is 3.46. The van der Waals surface area contributed by atoms with Crippen LogP contribution in [0.1, 0.15) is 40.0 Å². The summed E-state index contributed by atoms with van der Waals surface area (Å²) < 4.78 is 0. The van der Waals surface area contributed by atoms with Crippen LogP contribution in [-0.4, -0.2) is 12.8 Å². The number of hydrogen-bond donors (Lipinski definition) is 0. The summed E-state index contributed by atoms with van der Waals surface area (Å²) in [7, 11) is 1.62. The molecule has 0 N–H and O–H groups in total. The summed E-state index contributed by atoms with van der Waals surface area (Å²) in [6.45, 7) is 6.92. The number of nitrogens with zero attached hydrogens (tertiary/aromatic N) is 1. The molecule has 1 fully saturated rings. The lowest BCUT2D eigenvalue weighted by molar-refractivity contribution is 0.209. The van der Waals surface area contributed by atoms with Gasteiger partial charge < -0.3 is 4.84 Å². The van der Waals surface area contributed by atoms with Crippen molar-refractivity contribution in [2.24, 2.45) is 16.5 Å². The molecule has 0 amide bonds. The van der Waals surface area contributed by atoms with Gasteiger partial charge in [0.15, 0.2) is 0 Å². The van der Waals surface area contributed by atoms with Crippen molar-refractivity contribution in [1.29, 1.82) is 0 Å². The average Bonchev–Trinajstić information content (AvgIpc) is 2.34. The van der Waals surface area contributed by atoms with Crippen LogP contribution in [0.2, 0.25) is 0 Å². The van der Waals surface area contributed by atoms with Crippen molar-refractivity contribution < 1.29 is 4.84 Å². The maximum Gasteiger partial charge on any atom is 0.106 e. The van der Waals surface area contributed by atoms with Gasteiger partial charge in [-0.15, -0.1) is 0 Å². The van der Waals surface area contributed by atoms with Gasteiger partial charge in [0.2, 0.25) is 0 Å². The summed E-state index contributed by atoms with van der Waals surface area (Å²) in [5.74, 6) is 0.738. The molecule has 0 aliphatic heterocycles. The SMILES string of the molecule is CO/N=C1\CCC(C)(C(C)C)C1. The van der Waals surface area contributed by atoms with Crippen LogP contribution in [0.4, 0.5) is 0 Å². The van der Waals surface area contributed by atoms with Crippen LogP contribution in [0.3, 0.4) is 0 Å². The molecule has 0 radical (unpaired) electrons. The lowest BCUT2D eigenvalue weighted by atomic mass is 9.78. The van der Waals surface area contributed by atoms with Gasteiger partial charge >= 0.3 is 0 Å². The Morgan fingerprint density at radius 1 is 1.50 bits per heavy atom. The van der Waals surface area contributed by atoms with Crippen LogP contribution in [0.15, 0.2) is 5.16 Å². The van der Waals surface area contributed by atoms with Crippen molar-refractivity contribution in [2.75, 3.05) is 7.11 Å². The maximum absolute atomic E-state index is 4.79. The number of rotatable bonds is 2. The van der Waals surface area contributed by atoms with E-state index < -0.39 is 0 Å². The van der Waals surface area contributed by atoms with Gasteiger partial charge in [-0.25, -0.2) is 0 Å². The third-order valence-corrected chi connectivity index (χ3v) is 3.21. The fourth-order valence-electron chi connectivity index (χ4n) is 1.77. The third-order valence-electron chi connectivity index (χ3n) is 3.21. The first-order valence-corrected chi connectivity index (χ1v) is 4.67. The fourth-order valence-corrected chi connectivity index (χ4v) is 1.77. The first-order chi connectivity index (χ1) is 5.58. The van der Waals surface area contributed by atoms with Crippen molar-refractivity contribution in [3.8, 4) is 0 Å². The van der Waals surface area contributed by atoms with Gasteiger partial charge in [-0.3, -0.25) is 0 Å². The molecule has 1 rings (SSSR count). The van der Waals surface area contributed by atoms with E-state index in [9.17, 15) is 0 Å². The van der Waals surface area contributed by atoms with E-state index in [2.05, 4.69) is 25.9 Å². The molecule has 2 nitrogen and oxygen atoms in total. The summed E-state index contributed by atoms with van der Waals surface area (Å²) in [6.07, 6.45) is 3.48. The molecule has 1 aliphatic carbocycles. The zero-order chi connectivity index (χ0) is 9.19. The van der Waals surface area contributed by atoms with Gasteiger partial charge in [-0.05, 0) is 30.6 Å². The molecule has 1 aliphatic rings. The first kappa shape index (κ1) is 9.56. The van der Waals surface area contributed by atoms with E-state index in [1.54, 1.807) is 7.11 Å². The van der Waals surface area contributed by atoms with Crippen molar-refractivity contribution in [3.05, 3.63) is 0 Å². The van der Waals surface area contributed by atoms with Crippen LogP contribution >= 0.6 is 0 Å². The van der Waals surface area contributed by atoms with Gasteiger partial charge in [0.25, 0.3) is 0 Å². The Hall–Kier alpha value is -0.530. The second-order valence-corrected chi connectivity index (χ2v) is 4.33. The zero-order valence-corrected chi connectivity index (χ0v) is 8.55. The maximum atomic E-state index is 4.79. The summed E-state index contributed by atoms with van der Waals surface area (Å²) in [5.41, 5.74) is 1.69. The smallest absolute Gasteiger partial charge is 0.106 e. The Kier molecular flexibility index (Phi) is 2.76. The summed E-state index contributed by atoms with van der Waals surface area (Å²) in [5, 5.41) is 4.02. The highest BCUT2D eigenvalue weighted by Gasteiger charge is 2.35. The van der Waals surface area contributed by atoms with Gasteiger partial charge in [0, 0.05) is 0 Å². The van der Waals surface area contributed by atoms with Gasteiger partial charge in [-0.1, -0.05) is 25.9 Å². The largest absolute Gasteiger partial charge is 0.399 e. The molecule has 0 spiro atoms. The van der Waals surface area contributed by atoms with E-state index >= 15 is 0 Å². The molecule has 0 aromatic heterocycles. The quantitative estimate of drug-likeness (QED) is 0.582. The molecular weight excluding hydrogens is 150 g/mol. The van der Waals surface area contributed by atoms with Crippen LogP contribution in [0.5, 0.6) is 0 Å². The van der Waals surface area contributed by atoms with E-state index in [1.807, 2.05) is 0 Å². The molecular formula is C10H19NO. The highest BCUT2D eigenvalue weighted by Crippen LogP contribution is 2.42. The highest BCUT2D eigenvalue weighted by atomic mass is 16.6. The molecule has 70 valence electrons. The second-order valence-electron chi connectivity index (χ2n) is 4.33. The molecule has 0 aromatic carbocycles. The predicted molar refractivity (Wildman–Crippen MR) is 51.2 cm³/mol. The van der Waals surface area contributed by atoms with Crippen LogP contribution in [0.25, 0.3) is 0 Å². The minimum Gasteiger partial charge on any atom is -0.399 e. The Morgan fingerprint density at radius 3 is 2.58 bits per heavy atom. The molecule has 0 bridgehead atoms. The molecule has 12 heavy (non-hydrogen) atoms. The van der Waals surface area contributed by atoms with E-state index in [0.29, 0.717) is 5.41 Å². The molecule has 1 atom stereocenters. The fraction of sp³-hybridized carbons (Fsp3) is 0.900. The van der Waals surface area contributed by atoms with Crippen LogP contribution in [0, 0.1) is 11.3 Å². The summed E-state index contributed by atoms with van der Waals surface area (Å²) >= 11 is 0. The minimum absolute atomic E-state index is 0.456. The topological polar surface area (TPSA) is 21.6 Å². The summed E-state index contributed by atoms with van der Waals surface area (Å²) in [6, 6.07) is 0. The number of hydrogen-bond acceptors (Lipinski definition) is 2. The molecule has 1 saturated carbocycles. The highest BCUT2D eigenvalue weighted by molar-refractivity contribution is 5.86. The molecule has 0 heterocycles. The standard InChI is InChI=1S/C10H19NO/c1-8(2)10(3)6-5-9(7-10)11-12-4/h8H,5-7H2,1-4H3/b11-9+. The minimum atomic E-state index is 0.456. The molecule has 1 unspecified atom stereocenters. The van der Waals surface area contributed by atoms with Crippen molar-refractivity contribution in [1.82, 2.24) is 0 Å². The Balaban J connectivity index is 2.60. The van der Waals surface area contributed by atoms with Gasteiger partial charge in [0.1, 0.15) is 7.11 Å². The van der Waals surface area contributed by atoms with Crippen molar-refractivity contribution >= 4 is 5.71 Å². The van der Waals surface area contributed by atoms with Gasteiger partial charge in [0.05, 0.1) is 5.71 Å².